The largest absolute Gasteiger partial charge is 0.482 e. The Morgan fingerprint density at radius 1 is 1.06 bits per heavy atom. The molecule has 2 aromatic rings. The van der Waals surface area contributed by atoms with Crippen LogP contribution in [0.1, 0.15) is 12.8 Å². The van der Waals surface area contributed by atoms with Crippen LogP contribution in [0.5, 0.6) is 5.75 Å². The van der Waals surface area contributed by atoms with Crippen LogP contribution in [0.2, 0.25) is 0 Å². The molecule has 180 valence electrons. The van der Waals surface area contributed by atoms with Gasteiger partial charge in [-0.05, 0) is 43.2 Å². The minimum absolute atomic E-state index is 0.00104. The van der Waals surface area contributed by atoms with Crippen molar-refractivity contribution in [2.75, 3.05) is 49.5 Å². The first-order valence-electron chi connectivity index (χ1n) is 11.2. The summed E-state index contributed by atoms with van der Waals surface area (Å²) in [5.74, 6) is -0.489. The Morgan fingerprint density at radius 3 is 2.59 bits per heavy atom. The lowest BCUT2D eigenvalue weighted by Gasteiger charge is -2.38. The molecule has 2 amide bonds. The number of amides is 2. The Hall–Kier alpha value is -3.18. The van der Waals surface area contributed by atoms with Gasteiger partial charge in [0, 0.05) is 32.7 Å². The van der Waals surface area contributed by atoms with Crippen molar-refractivity contribution < 1.29 is 27.1 Å². The Bertz CT molecular complexity index is 1230. The van der Waals surface area contributed by atoms with Gasteiger partial charge in [0.1, 0.15) is 17.6 Å². The minimum atomic E-state index is -3.96. The number of nitrogens with one attached hydrogen (secondary N) is 1. The molecule has 34 heavy (non-hydrogen) atoms. The number of nitrogens with zero attached hydrogens (tertiary/aromatic N) is 3. The van der Waals surface area contributed by atoms with Crippen molar-refractivity contribution in [3.05, 3.63) is 48.3 Å². The molecular formula is C23H25FN4O5S. The summed E-state index contributed by atoms with van der Waals surface area (Å²) in [6.07, 6.45) is 1.02. The van der Waals surface area contributed by atoms with E-state index < -0.39 is 16.1 Å². The van der Waals surface area contributed by atoms with Crippen LogP contribution < -0.4 is 15.0 Å². The molecule has 0 aliphatic carbocycles. The molecule has 0 aromatic heterocycles. The highest BCUT2D eigenvalue weighted by atomic mass is 32.2. The monoisotopic (exact) mass is 488 g/mol. The zero-order valence-corrected chi connectivity index (χ0v) is 19.3. The maximum absolute atomic E-state index is 14.1. The summed E-state index contributed by atoms with van der Waals surface area (Å²) < 4.78 is 47.5. The smallest absolute Gasteiger partial charge is 0.262 e. The molecule has 0 radical (unpaired) electrons. The average Bonchev–Trinajstić information content (AvgIpc) is 3.34. The van der Waals surface area contributed by atoms with Gasteiger partial charge in [-0.3, -0.25) is 9.59 Å². The molecule has 9 nitrogen and oxygen atoms in total. The van der Waals surface area contributed by atoms with Crippen molar-refractivity contribution in [3.8, 4) is 5.75 Å². The highest BCUT2D eigenvalue weighted by Crippen LogP contribution is 2.34. The second-order valence-electron chi connectivity index (χ2n) is 8.53. The number of hydrogen-bond donors (Lipinski definition) is 1. The molecule has 0 saturated carbocycles. The topological polar surface area (TPSA) is 99.3 Å². The molecular weight excluding hydrogens is 463 g/mol. The Balaban J connectivity index is 1.30. The number of benzene rings is 2. The lowest BCUT2D eigenvalue weighted by Crippen LogP contribution is -2.54. The van der Waals surface area contributed by atoms with Crippen LogP contribution in [0.3, 0.4) is 0 Å². The van der Waals surface area contributed by atoms with E-state index >= 15 is 0 Å². The summed E-state index contributed by atoms with van der Waals surface area (Å²) in [4.78, 5) is 28.5. The molecule has 11 heteroatoms. The summed E-state index contributed by atoms with van der Waals surface area (Å²) in [6, 6.07) is 10.1. The van der Waals surface area contributed by atoms with E-state index in [0.717, 1.165) is 0 Å². The van der Waals surface area contributed by atoms with Crippen LogP contribution >= 0.6 is 0 Å². The molecule has 5 rings (SSSR count). The Morgan fingerprint density at radius 2 is 1.82 bits per heavy atom. The van der Waals surface area contributed by atoms with E-state index in [1.807, 2.05) is 4.90 Å². The van der Waals surface area contributed by atoms with Gasteiger partial charge in [-0.25, -0.2) is 12.8 Å². The van der Waals surface area contributed by atoms with Gasteiger partial charge >= 0.3 is 0 Å². The van der Waals surface area contributed by atoms with E-state index in [1.54, 1.807) is 23.1 Å². The number of piperazine rings is 1. The van der Waals surface area contributed by atoms with Gasteiger partial charge in [-0.1, -0.05) is 12.1 Å². The van der Waals surface area contributed by atoms with Gasteiger partial charge in [0.05, 0.1) is 16.3 Å². The van der Waals surface area contributed by atoms with Gasteiger partial charge in [-0.15, -0.1) is 0 Å². The fraction of sp³-hybridized carbons (Fsp3) is 0.391. The number of rotatable bonds is 4. The molecule has 2 fully saturated rings. The molecule has 3 aliphatic heterocycles. The minimum Gasteiger partial charge on any atom is -0.482 e. The first-order valence-corrected chi connectivity index (χ1v) is 12.7. The van der Waals surface area contributed by atoms with E-state index in [9.17, 15) is 22.4 Å². The number of carbonyl (C=O) groups is 2. The highest BCUT2D eigenvalue weighted by Gasteiger charge is 2.42. The molecule has 0 spiro atoms. The number of ether oxygens (including phenoxy) is 1. The summed E-state index contributed by atoms with van der Waals surface area (Å²) in [6.45, 7) is 1.84. The van der Waals surface area contributed by atoms with Gasteiger partial charge in [0.2, 0.25) is 15.9 Å². The van der Waals surface area contributed by atoms with Gasteiger partial charge < -0.3 is 19.9 Å². The fourth-order valence-electron chi connectivity index (χ4n) is 4.72. The first kappa shape index (κ1) is 22.6. The molecule has 3 heterocycles. The zero-order chi connectivity index (χ0) is 23.9. The molecule has 2 saturated heterocycles. The van der Waals surface area contributed by atoms with Crippen LogP contribution in [-0.2, 0) is 19.6 Å². The van der Waals surface area contributed by atoms with E-state index in [4.69, 9.17) is 4.74 Å². The van der Waals surface area contributed by atoms with Crippen molar-refractivity contribution in [2.45, 2.75) is 23.8 Å². The fourth-order valence-corrected chi connectivity index (χ4v) is 6.40. The average molecular weight is 489 g/mol. The summed E-state index contributed by atoms with van der Waals surface area (Å²) in [5, 5.41) is 2.62. The zero-order valence-electron chi connectivity index (χ0n) is 18.4. The predicted molar refractivity (Wildman–Crippen MR) is 123 cm³/mol. The number of halogens is 1. The second-order valence-corrected chi connectivity index (χ2v) is 10.4. The van der Waals surface area contributed by atoms with Crippen molar-refractivity contribution in [1.82, 2.24) is 9.21 Å². The van der Waals surface area contributed by atoms with Gasteiger partial charge in [0.25, 0.3) is 5.91 Å². The van der Waals surface area contributed by atoms with Gasteiger partial charge in [0.15, 0.2) is 6.61 Å². The normalized spacial score (nSPS) is 21.1. The number of hydrogen-bond acceptors (Lipinski definition) is 6. The third kappa shape index (κ3) is 4.09. The number of para-hydroxylation sites is 1. The van der Waals surface area contributed by atoms with Crippen molar-refractivity contribution in [1.29, 1.82) is 0 Å². The number of carbonyl (C=O) groups excluding carboxylic acids is 2. The number of fused-ring (bicyclic) bond motifs is 1. The summed E-state index contributed by atoms with van der Waals surface area (Å²) in [5.41, 5.74) is 0.798. The third-order valence-electron chi connectivity index (χ3n) is 6.46. The molecule has 3 aliphatic rings. The van der Waals surface area contributed by atoms with Crippen molar-refractivity contribution in [2.24, 2.45) is 0 Å². The number of anilines is 2. The van der Waals surface area contributed by atoms with Crippen molar-refractivity contribution >= 4 is 33.2 Å². The molecule has 2 aromatic carbocycles. The quantitative estimate of drug-likeness (QED) is 0.703. The van der Waals surface area contributed by atoms with E-state index in [2.05, 4.69) is 5.32 Å². The lowest BCUT2D eigenvalue weighted by atomic mass is 10.1. The summed E-state index contributed by atoms with van der Waals surface area (Å²) >= 11 is 0. The Kier molecular flexibility index (Phi) is 5.90. The molecule has 1 atom stereocenters. The standard InChI is InChI=1S/C23H25FN4O5S/c24-17-4-1-2-5-19(17)26-10-12-27(13-11-26)23(30)20-6-3-9-28(20)34(31,32)16-7-8-21-18(14-16)25-22(29)15-33-21/h1-2,4-5,7-8,14,20H,3,6,9-13,15H2,(H,25,29)/t20-/m0/s1. The maximum atomic E-state index is 14.1. The van der Waals surface area contributed by atoms with E-state index in [1.165, 1.54) is 28.6 Å². The van der Waals surface area contributed by atoms with E-state index in [-0.39, 0.29) is 35.7 Å². The molecule has 0 bridgehead atoms. The van der Waals surface area contributed by atoms with Crippen LogP contribution in [0.25, 0.3) is 0 Å². The van der Waals surface area contributed by atoms with Gasteiger partial charge in [-0.2, -0.15) is 4.31 Å². The maximum Gasteiger partial charge on any atom is 0.262 e. The van der Waals surface area contributed by atoms with E-state index in [0.29, 0.717) is 56.1 Å². The lowest BCUT2D eigenvalue weighted by molar-refractivity contribution is -0.134. The highest BCUT2D eigenvalue weighted by molar-refractivity contribution is 7.89. The Labute approximate surface area is 197 Å². The number of sulfonamides is 1. The first-order chi connectivity index (χ1) is 16.3. The SMILES string of the molecule is O=C1COc2ccc(S(=O)(=O)N3CCC[C@H]3C(=O)N3CCN(c4ccccc4F)CC3)cc2N1. The summed E-state index contributed by atoms with van der Waals surface area (Å²) in [7, 11) is -3.96. The van der Waals surface area contributed by atoms with Crippen LogP contribution in [0, 0.1) is 5.82 Å². The molecule has 1 N–H and O–H groups in total. The van der Waals surface area contributed by atoms with Crippen LogP contribution in [-0.4, -0.2) is 74.8 Å². The van der Waals surface area contributed by atoms with Crippen molar-refractivity contribution in [3.63, 3.8) is 0 Å². The van der Waals surface area contributed by atoms with Crippen LogP contribution in [0.15, 0.2) is 47.4 Å². The molecule has 0 unspecified atom stereocenters. The van der Waals surface area contributed by atoms with Crippen LogP contribution in [0.4, 0.5) is 15.8 Å². The second kappa shape index (κ2) is 8.88. The predicted octanol–water partition coefficient (Wildman–Crippen LogP) is 1.66. The third-order valence-corrected chi connectivity index (χ3v) is 8.37.